The van der Waals surface area contributed by atoms with Crippen LogP contribution in [0.5, 0.6) is 5.88 Å². The Morgan fingerprint density at radius 3 is 2.94 bits per heavy atom. The molecule has 6 heteroatoms. The van der Waals surface area contributed by atoms with Crippen LogP contribution >= 0.6 is 15.9 Å². The van der Waals surface area contributed by atoms with Gasteiger partial charge in [0.2, 0.25) is 5.88 Å². The molecule has 2 heterocycles. The molecule has 0 aliphatic rings. The van der Waals surface area contributed by atoms with Gasteiger partial charge in [-0.05, 0) is 28.9 Å². The van der Waals surface area contributed by atoms with Gasteiger partial charge in [-0.2, -0.15) is 4.98 Å². The summed E-state index contributed by atoms with van der Waals surface area (Å²) in [4.78, 5) is 20.1. The Labute approximate surface area is 104 Å². The number of ether oxygens (including phenoxy) is 1. The molecule has 0 aromatic carbocycles. The standard InChI is InChI=1S/C10H10BrN3O2/c1-5-12-8-6(9(13-5)16-3)4-7(11)10(15)14(8)2/h4H,1-3H3/i2D3. The highest BCUT2D eigenvalue weighted by molar-refractivity contribution is 9.10. The zero-order valence-corrected chi connectivity index (χ0v) is 10.2. The lowest BCUT2D eigenvalue weighted by atomic mass is 10.3. The molecule has 0 radical (unpaired) electrons. The van der Waals surface area contributed by atoms with Gasteiger partial charge in [0, 0.05) is 11.1 Å². The Kier molecular flexibility index (Phi) is 1.88. The Hall–Kier alpha value is -1.43. The van der Waals surface area contributed by atoms with Crippen molar-refractivity contribution in [2.45, 2.75) is 6.92 Å². The molecule has 0 aliphatic carbocycles. The van der Waals surface area contributed by atoms with Crippen LogP contribution in [0.15, 0.2) is 15.3 Å². The fourth-order valence-electron chi connectivity index (χ4n) is 1.39. The molecule has 0 bridgehead atoms. The zero-order chi connectivity index (χ0) is 14.4. The van der Waals surface area contributed by atoms with E-state index in [1.807, 2.05) is 0 Å². The highest BCUT2D eigenvalue weighted by Gasteiger charge is 2.11. The van der Waals surface area contributed by atoms with Gasteiger partial charge in [-0.25, -0.2) is 4.98 Å². The lowest BCUT2D eigenvalue weighted by Crippen LogP contribution is -2.19. The molecule has 0 saturated heterocycles. The first-order chi connectivity index (χ1) is 8.75. The minimum Gasteiger partial charge on any atom is -0.480 e. The maximum absolute atomic E-state index is 12.0. The van der Waals surface area contributed by atoms with E-state index in [0.29, 0.717) is 15.8 Å². The minimum absolute atomic E-state index is 0.0255. The number of nitrogens with zero attached hydrogens (tertiary/aromatic N) is 3. The van der Waals surface area contributed by atoms with Crippen molar-refractivity contribution < 1.29 is 8.85 Å². The van der Waals surface area contributed by atoms with Gasteiger partial charge in [0.05, 0.1) is 17.0 Å². The van der Waals surface area contributed by atoms with Crippen molar-refractivity contribution in [3.8, 4) is 5.88 Å². The van der Waals surface area contributed by atoms with E-state index < -0.39 is 12.5 Å². The van der Waals surface area contributed by atoms with Gasteiger partial charge in [-0.1, -0.05) is 0 Å². The fraction of sp³-hybridized carbons (Fsp3) is 0.300. The Bertz CT molecular complexity index is 712. The van der Waals surface area contributed by atoms with Gasteiger partial charge in [0.25, 0.3) is 5.56 Å². The maximum Gasteiger partial charge on any atom is 0.266 e. The van der Waals surface area contributed by atoms with Gasteiger partial charge in [-0.15, -0.1) is 0 Å². The predicted octanol–water partition coefficient (Wildman–Crippen LogP) is 1.41. The third-order valence-electron chi connectivity index (χ3n) is 2.09. The number of aromatic nitrogens is 3. The van der Waals surface area contributed by atoms with Crippen LogP contribution in [0.25, 0.3) is 11.0 Å². The van der Waals surface area contributed by atoms with Gasteiger partial charge in [0.1, 0.15) is 11.5 Å². The van der Waals surface area contributed by atoms with E-state index in [1.54, 1.807) is 6.92 Å². The lowest BCUT2D eigenvalue weighted by Gasteiger charge is -2.08. The molecular weight excluding hydrogens is 274 g/mol. The van der Waals surface area contributed by atoms with Crippen molar-refractivity contribution in [1.82, 2.24) is 14.5 Å². The molecule has 2 aromatic rings. The van der Waals surface area contributed by atoms with Crippen LogP contribution in [0.2, 0.25) is 0 Å². The van der Waals surface area contributed by atoms with E-state index in [-0.39, 0.29) is 16.0 Å². The number of methoxy groups -OCH3 is 1. The smallest absolute Gasteiger partial charge is 0.266 e. The summed E-state index contributed by atoms with van der Waals surface area (Å²) in [5, 5.41) is 0.357. The maximum atomic E-state index is 12.0. The largest absolute Gasteiger partial charge is 0.480 e. The average molecular weight is 287 g/mol. The number of halogens is 1. The molecule has 0 aliphatic heterocycles. The van der Waals surface area contributed by atoms with Gasteiger partial charge in [0.15, 0.2) is 0 Å². The van der Waals surface area contributed by atoms with Gasteiger partial charge < -0.3 is 4.74 Å². The third-order valence-corrected chi connectivity index (χ3v) is 2.65. The number of aryl methyl sites for hydroxylation is 2. The monoisotopic (exact) mass is 286 g/mol. The molecule has 0 saturated carbocycles. The van der Waals surface area contributed by atoms with Crippen LogP contribution in [0.1, 0.15) is 9.94 Å². The quantitative estimate of drug-likeness (QED) is 0.795. The summed E-state index contributed by atoms with van der Waals surface area (Å²) in [5.41, 5.74) is -0.648. The van der Waals surface area contributed by atoms with E-state index in [0.717, 1.165) is 0 Å². The normalized spacial score (nSPS) is 14.3. The molecule has 84 valence electrons. The van der Waals surface area contributed by atoms with Crippen molar-refractivity contribution in [3.63, 3.8) is 0 Å². The molecule has 16 heavy (non-hydrogen) atoms. The van der Waals surface area contributed by atoms with Crippen molar-refractivity contribution >= 4 is 27.0 Å². The number of hydrogen-bond acceptors (Lipinski definition) is 4. The van der Waals surface area contributed by atoms with Crippen LogP contribution in [-0.2, 0) is 6.98 Å². The second kappa shape index (κ2) is 3.86. The lowest BCUT2D eigenvalue weighted by molar-refractivity contribution is 0.401. The Morgan fingerprint density at radius 1 is 1.56 bits per heavy atom. The summed E-state index contributed by atoms with van der Waals surface area (Å²) >= 11 is 3.05. The molecule has 5 nitrogen and oxygen atoms in total. The van der Waals surface area contributed by atoms with Gasteiger partial charge in [-0.3, -0.25) is 9.36 Å². The first-order valence-corrected chi connectivity index (χ1v) is 5.19. The first-order valence-electron chi connectivity index (χ1n) is 5.90. The first kappa shape index (κ1) is 7.78. The number of rotatable bonds is 1. The van der Waals surface area contributed by atoms with E-state index in [4.69, 9.17) is 8.85 Å². The van der Waals surface area contributed by atoms with Crippen LogP contribution in [0, 0.1) is 6.92 Å². The summed E-state index contributed by atoms with van der Waals surface area (Å²) in [6, 6.07) is 1.46. The summed E-state index contributed by atoms with van der Waals surface area (Å²) in [5.74, 6) is 0.547. The number of hydrogen-bond donors (Lipinski definition) is 0. The molecular formula is C10H10BrN3O2. The second-order valence-electron chi connectivity index (χ2n) is 3.15. The van der Waals surface area contributed by atoms with Crippen LogP contribution in [0.4, 0.5) is 0 Å². The second-order valence-corrected chi connectivity index (χ2v) is 4.00. The van der Waals surface area contributed by atoms with Crippen molar-refractivity contribution in [2.75, 3.05) is 7.11 Å². The summed E-state index contributed by atoms with van der Waals surface area (Å²) in [7, 11) is 1.42. The van der Waals surface area contributed by atoms with Crippen LogP contribution < -0.4 is 10.3 Å². The summed E-state index contributed by atoms with van der Waals surface area (Å²) in [6.45, 7) is -1.04. The number of pyridine rings is 1. The van der Waals surface area contributed by atoms with E-state index in [2.05, 4.69) is 25.9 Å². The number of fused-ring (bicyclic) bond motifs is 1. The summed E-state index contributed by atoms with van der Waals surface area (Å²) in [6.07, 6.45) is 0. The van der Waals surface area contributed by atoms with Gasteiger partial charge >= 0.3 is 0 Å². The molecule has 0 amide bonds. The van der Waals surface area contributed by atoms with Crippen molar-refractivity contribution in [3.05, 3.63) is 26.7 Å². The van der Waals surface area contributed by atoms with Crippen molar-refractivity contribution in [2.24, 2.45) is 6.98 Å². The molecule has 0 unspecified atom stereocenters. The van der Waals surface area contributed by atoms with Crippen LogP contribution in [-0.4, -0.2) is 21.6 Å². The SMILES string of the molecule is [2H]C([2H])([2H])n1c(=O)c(Br)cc2c(OC)nc(C)nc21. The summed E-state index contributed by atoms with van der Waals surface area (Å²) < 4.78 is 28.3. The molecule has 2 aromatic heterocycles. The fourth-order valence-corrected chi connectivity index (χ4v) is 1.79. The van der Waals surface area contributed by atoms with E-state index >= 15 is 0 Å². The Morgan fingerprint density at radius 2 is 2.31 bits per heavy atom. The molecule has 0 spiro atoms. The Balaban J connectivity index is 3.05. The highest BCUT2D eigenvalue weighted by Crippen LogP contribution is 2.22. The highest BCUT2D eigenvalue weighted by atomic mass is 79.9. The molecule has 0 fully saturated rings. The van der Waals surface area contributed by atoms with Crippen molar-refractivity contribution in [1.29, 1.82) is 0 Å². The van der Waals surface area contributed by atoms with Crippen LogP contribution in [0.3, 0.4) is 0 Å². The predicted molar refractivity (Wildman–Crippen MR) is 63.8 cm³/mol. The molecule has 2 rings (SSSR count). The van der Waals surface area contributed by atoms with E-state index in [9.17, 15) is 4.79 Å². The average Bonchev–Trinajstić information content (AvgIpc) is 2.28. The zero-order valence-electron chi connectivity index (χ0n) is 11.6. The molecule has 0 N–H and O–H groups in total. The van der Waals surface area contributed by atoms with E-state index in [1.165, 1.54) is 13.2 Å². The molecule has 0 atom stereocenters. The topological polar surface area (TPSA) is 57.0 Å². The minimum atomic E-state index is -2.63. The third kappa shape index (κ3) is 1.59.